The third-order valence-electron chi connectivity index (χ3n) is 4.87. The molecule has 3 rings (SSSR count). The summed E-state index contributed by atoms with van der Waals surface area (Å²) >= 11 is 0. The first-order valence-corrected chi connectivity index (χ1v) is 10.8. The summed E-state index contributed by atoms with van der Waals surface area (Å²) in [4.78, 5) is 12.8. The maximum atomic E-state index is 11.9. The van der Waals surface area contributed by atoms with Crippen molar-refractivity contribution >= 4 is 26.9 Å². The molecule has 0 aliphatic carbocycles. The standard InChI is InChI=1S/C19H23N3O5S/c1-27-17-8-4-3-7-16(17)21-11-10-14(13-21)12-20-15-6-5-9-18(28(2,25)26)19(15)22(23)24/h3-9,14,20H,10-13H2,1-2H3. The molecule has 1 unspecified atom stereocenters. The number of nitrogens with zero attached hydrogens (tertiary/aromatic N) is 2. The Morgan fingerprint density at radius 3 is 2.68 bits per heavy atom. The van der Waals surface area contributed by atoms with Crippen molar-refractivity contribution in [2.75, 3.05) is 43.2 Å². The van der Waals surface area contributed by atoms with E-state index in [-0.39, 0.29) is 16.5 Å². The lowest BCUT2D eigenvalue weighted by Gasteiger charge is -2.21. The molecule has 150 valence electrons. The van der Waals surface area contributed by atoms with E-state index in [4.69, 9.17) is 4.74 Å². The molecule has 2 aromatic carbocycles. The van der Waals surface area contributed by atoms with Gasteiger partial charge in [0, 0.05) is 25.9 Å². The number of nitrogens with one attached hydrogen (secondary N) is 1. The Balaban J connectivity index is 1.73. The van der Waals surface area contributed by atoms with E-state index in [1.165, 1.54) is 12.1 Å². The second-order valence-corrected chi connectivity index (χ2v) is 8.82. The van der Waals surface area contributed by atoms with E-state index in [0.29, 0.717) is 6.54 Å². The first-order valence-electron chi connectivity index (χ1n) is 8.90. The van der Waals surface area contributed by atoms with Crippen LogP contribution >= 0.6 is 0 Å². The predicted molar refractivity (Wildman–Crippen MR) is 108 cm³/mol. The number of rotatable bonds is 7. The van der Waals surface area contributed by atoms with Crippen molar-refractivity contribution in [1.82, 2.24) is 0 Å². The van der Waals surface area contributed by atoms with Crippen molar-refractivity contribution in [2.24, 2.45) is 5.92 Å². The lowest BCUT2D eigenvalue weighted by molar-refractivity contribution is -0.386. The van der Waals surface area contributed by atoms with Crippen LogP contribution in [0.15, 0.2) is 47.4 Å². The summed E-state index contributed by atoms with van der Waals surface area (Å²) in [5, 5.41) is 14.6. The van der Waals surface area contributed by atoms with E-state index < -0.39 is 20.4 Å². The van der Waals surface area contributed by atoms with Crippen LogP contribution in [0.25, 0.3) is 0 Å². The molecule has 28 heavy (non-hydrogen) atoms. The number of ether oxygens (including phenoxy) is 1. The quantitative estimate of drug-likeness (QED) is 0.558. The fraction of sp³-hybridized carbons (Fsp3) is 0.368. The van der Waals surface area contributed by atoms with Crippen LogP contribution in [-0.4, -0.2) is 46.3 Å². The minimum Gasteiger partial charge on any atom is -0.495 e. The Bertz CT molecular complexity index is 977. The average molecular weight is 405 g/mol. The summed E-state index contributed by atoms with van der Waals surface area (Å²) < 4.78 is 29.2. The van der Waals surface area contributed by atoms with Crippen LogP contribution in [-0.2, 0) is 9.84 Å². The molecule has 1 aliphatic heterocycles. The molecule has 0 amide bonds. The Morgan fingerprint density at radius 1 is 1.25 bits per heavy atom. The maximum Gasteiger partial charge on any atom is 0.310 e. The molecule has 8 nitrogen and oxygen atoms in total. The van der Waals surface area contributed by atoms with Crippen LogP contribution in [0.5, 0.6) is 5.75 Å². The molecular formula is C19H23N3O5S. The van der Waals surface area contributed by atoms with Gasteiger partial charge in [0.25, 0.3) is 0 Å². The zero-order valence-electron chi connectivity index (χ0n) is 15.8. The molecule has 1 saturated heterocycles. The third-order valence-corrected chi connectivity index (χ3v) is 6.00. The van der Waals surface area contributed by atoms with E-state index in [1.807, 2.05) is 24.3 Å². The van der Waals surface area contributed by atoms with Crippen LogP contribution in [0.4, 0.5) is 17.1 Å². The summed E-state index contributed by atoms with van der Waals surface area (Å²) in [5.41, 5.74) is 0.853. The fourth-order valence-corrected chi connectivity index (χ4v) is 4.38. The molecule has 9 heteroatoms. The van der Waals surface area contributed by atoms with Crippen molar-refractivity contribution in [3.8, 4) is 5.75 Å². The molecule has 0 spiro atoms. The first-order chi connectivity index (χ1) is 13.3. The summed E-state index contributed by atoms with van der Waals surface area (Å²) in [6.45, 7) is 2.16. The lowest BCUT2D eigenvalue weighted by Crippen LogP contribution is -2.23. The van der Waals surface area contributed by atoms with Gasteiger partial charge in [-0.3, -0.25) is 10.1 Å². The highest BCUT2D eigenvalue weighted by atomic mass is 32.2. The number of sulfone groups is 1. The zero-order chi connectivity index (χ0) is 20.3. The molecule has 1 atom stereocenters. The van der Waals surface area contributed by atoms with Gasteiger partial charge >= 0.3 is 5.69 Å². The maximum absolute atomic E-state index is 11.9. The molecule has 0 aromatic heterocycles. The van der Waals surface area contributed by atoms with Crippen molar-refractivity contribution in [1.29, 1.82) is 0 Å². The average Bonchev–Trinajstić information content (AvgIpc) is 3.14. The highest BCUT2D eigenvalue weighted by Crippen LogP contribution is 2.34. The van der Waals surface area contributed by atoms with Gasteiger partial charge in [0.2, 0.25) is 0 Å². The van der Waals surface area contributed by atoms with Gasteiger partial charge in [0.15, 0.2) is 9.84 Å². The third kappa shape index (κ3) is 4.19. The molecule has 1 fully saturated rings. The van der Waals surface area contributed by atoms with Gasteiger partial charge in [-0.2, -0.15) is 0 Å². The molecule has 0 bridgehead atoms. The van der Waals surface area contributed by atoms with Crippen molar-refractivity contribution in [2.45, 2.75) is 11.3 Å². The highest BCUT2D eigenvalue weighted by molar-refractivity contribution is 7.90. The van der Waals surface area contributed by atoms with Crippen LogP contribution < -0.4 is 15.0 Å². The monoisotopic (exact) mass is 405 g/mol. The minimum atomic E-state index is -3.69. The van der Waals surface area contributed by atoms with E-state index in [0.717, 1.165) is 37.2 Å². The molecular weight excluding hydrogens is 382 g/mol. The second kappa shape index (κ2) is 8.05. The van der Waals surface area contributed by atoms with Gasteiger partial charge in [-0.25, -0.2) is 8.42 Å². The largest absolute Gasteiger partial charge is 0.495 e. The van der Waals surface area contributed by atoms with Gasteiger partial charge in [-0.1, -0.05) is 18.2 Å². The van der Waals surface area contributed by atoms with E-state index in [9.17, 15) is 18.5 Å². The minimum absolute atomic E-state index is 0.226. The Kier molecular flexibility index (Phi) is 5.73. The number of nitro groups is 1. The molecule has 1 N–H and O–H groups in total. The molecule has 0 saturated carbocycles. The highest BCUT2D eigenvalue weighted by Gasteiger charge is 2.28. The summed E-state index contributed by atoms with van der Waals surface area (Å²) in [5.74, 6) is 1.08. The smallest absolute Gasteiger partial charge is 0.310 e. The topological polar surface area (TPSA) is 102 Å². The zero-order valence-corrected chi connectivity index (χ0v) is 16.6. The second-order valence-electron chi connectivity index (χ2n) is 6.84. The molecule has 0 radical (unpaired) electrons. The molecule has 2 aromatic rings. The van der Waals surface area contributed by atoms with Gasteiger partial charge in [-0.15, -0.1) is 0 Å². The van der Waals surface area contributed by atoms with Crippen LogP contribution in [0.2, 0.25) is 0 Å². The number of methoxy groups -OCH3 is 1. The van der Waals surface area contributed by atoms with Crippen LogP contribution in [0.1, 0.15) is 6.42 Å². The number of anilines is 2. The molecule has 1 heterocycles. The summed E-state index contributed by atoms with van der Waals surface area (Å²) in [7, 11) is -2.05. The number of hydrogen-bond acceptors (Lipinski definition) is 7. The van der Waals surface area contributed by atoms with Gasteiger partial charge in [0.1, 0.15) is 16.3 Å². The Hall–Kier alpha value is -2.81. The van der Waals surface area contributed by atoms with E-state index >= 15 is 0 Å². The number of nitro benzene ring substituents is 1. The fourth-order valence-electron chi connectivity index (χ4n) is 3.52. The molecule has 1 aliphatic rings. The summed E-state index contributed by atoms with van der Waals surface area (Å²) in [6.07, 6.45) is 1.89. The van der Waals surface area contributed by atoms with E-state index in [1.54, 1.807) is 13.2 Å². The van der Waals surface area contributed by atoms with E-state index in [2.05, 4.69) is 10.2 Å². The Labute approximate surface area is 164 Å². The van der Waals surface area contributed by atoms with Crippen molar-refractivity contribution in [3.05, 3.63) is 52.6 Å². The van der Waals surface area contributed by atoms with Crippen molar-refractivity contribution < 1.29 is 18.1 Å². The van der Waals surface area contributed by atoms with Crippen molar-refractivity contribution in [3.63, 3.8) is 0 Å². The number of benzene rings is 2. The predicted octanol–water partition coefficient (Wildman–Crippen LogP) is 2.95. The van der Waals surface area contributed by atoms with Crippen LogP contribution in [0.3, 0.4) is 0 Å². The first kappa shape index (κ1) is 19.9. The van der Waals surface area contributed by atoms with Gasteiger partial charge < -0.3 is 15.0 Å². The van der Waals surface area contributed by atoms with Gasteiger partial charge in [0.05, 0.1) is 17.7 Å². The lowest BCUT2D eigenvalue weighted by atomic mass is 10.1. The Morgan fingerprint density at radius 2 is 2.00 bits per heavy atom. The van der Waals surface area contributed by atoms with Gasteiger partial charge in [-0.05, 0) is 36.6 Å². The summed E-state index contributed by atoms with van der Waals surface area (Å²) in [6, 6.07) is 12.1. The number of para-hydroxylation sites is 3. The normalized spacial score (nSPS) is 16.8. The van der Waals surface area contributed by atoms with Crippen LogP contribution in [0, 0.1) is 16.0 Å². The SMILES string of the molecule is COc1ccccc1N1CCC(CNc2cccc(S(C)(=O)=O)c2[N+](=O)[O-])C1. The number of hydrogen-bond donors (Lipinski definition) is 1.